The average Bonchev–Trinajstić information content (AvgIpc) is 3.10. The summed E-state index contributed by atoms with van der Waals surface area (Å²) in [5.74, 6) is -0.0178. The third kappa shape index (κ3) is 2.82. The van der Waals surface area contributed by atoms with Gasteiger partial charge in [0.1, 0.15) is 0 Å². The van der Waals surface area contributed by atoms with Gasteiger partial charge in [-0.25, -0.2) is 4.79 Å². The molecule has 2 heterocycles. The molecule has 3 rings (SSSR count). The van der Waals surface area contributed by atoms with E-state index in [9.17, 15) is 9.59 Å². The molecule has 22 heavy (non-hydrogen) atoms. The largest absolute Gasteiger partial charge is 0.354 e. The molecule has 0 aliphatic heterocycles. The minimum absolute atomic E-state index is 0.0178. The normalized spacial score (nSPS) is 11.0. The molecule has 5 nitrogen and oxygen atoms in total. The average molecular weight is 315 g/mol. The van der Waals surface area contributed by atoms with Gasteiger partial charge < -0.3 is 5.32 Å². The fourth-order valence-corrected chi connectivity index (χ4v) is 3.22. The molecule has 0 fully saturated rings. The van der Waals surface area contributed by atoms with E-state index in [-0.39, 0.29) is 11.6 Å². The van der Waals surface area contributed by atoms with Gasteiger partial charge in [0.2, 0.25) is 5.91 Å². The van der Waals surface area contributed by atoms with Crippen molar-refractivity contribution >= 4 is 28.3 Å². The monoisotopic (exact) mass is 315 g/mol. The maximum Gasteiger partial charge on any atom is 0.328 e. The van der Waals surface area contributed by atoms with Crippen molar-refractivity contribution in [2.75, 3.05) is 6.54 Å². The van der Waals surface area contributed by atoms with Gasteiger partial charge in [-0.1, -0.05) is 18.2 Å². The minimum atomic E-state index is -0.0614. The van der Waals surface area contributed by atoms with Gasteiger partial charge in [0.15, 0.2) is 0 Å². The highest BCUT2D eigenvalue weighted by atomic mass is 32.1. The Balaban J connectivity index is 1.66. The first-order chi connectivity index (χ1) is 10.7. The SMILES string of the molecule is Cn1c(=O)n(CCNC(=O)Cc2cccs2)c2ccccc21. The van der Waals surface area contributed by atoms with Crippen molar-refractivity contribution in [3.63, 3.8) is 0 Å². The van der Waals surface area contributed by atoms with Gasteiger partial charge in [-0.3, -0.25) is 13.9 Å². The lowest BCUT2D eigenvalue weighted by Gasteiger charge is -2.05. The molecule has 3 aromatic rings. The highest BCUT2D eigenvalue weighted by molar-refractivity contribution is 7.10. The van der Waals surface area contributed by atoms with Crippen LogP contribution in [0.3, 0.4) is 0 Å². The van der Waals surface area contributed by atoms with Gasteiger partial charge in [-0.15, -0.1) is 11.3 Å². The number of rotatable bonds is 5. The van der Waals surface area contributed by atoms with E-state index < -0.39 is 0 Å². The Kier molecular flexibility index (Phi) is 4.11. The standard InChI is InChI=1S/C16H17N3O2S/c1-18-13-6-2-3-7-14(13)19(16(18)21)9-8-17-15(20)11-12-5-4-10-22-12/h2-7,10H,8-9,11H2,1H3,(H,17,20). The van der Waals surface area contributed by atoms with Crippen molar-refractivity contribution in [3.8, 4) is 0 Å². The molecule has 1 N–H and O–H groups in total. The van der Waals surface area contributed by atoms with Gasteiger partial charge >= 0.3 is 5.69 Å². The molecule has 0 radical (unpaired) electrons. The topological polar surface area (TPSA) is 56.0 Å². The van der Waals surface area contributed by atoms with Gasteiger partial charge in [0.25, 0.3) is 0 Å². The summed E-state index contributed by atoms with van der Waals surface area (Å²) in [6, 6.07) is 11.5. The summed E-state index contributed by atoms with van der Waals surface area (Å²) in [6.45, 7) is 0.911. The van der Waals surface area contributed by atoms with E-state index in [0.717, 1.165) is 15.9 Å². The molecule has 0 saturated carbocycles. The van der Waals surface area contributed by atoms with Crippen molar-refractivity contribution < 1.29 is 4.79 Å². The molecular formula is C16H17N3O2S. The zero-order valence-electron chi connectivity index (χ0n) is 12.3. The Labute approximate surface area is 131 Å². The van der Waals surface area contributed by atoms with E-state index in [4.69, 9.17) is 0 Å². The third-order valence-electron chi connectivity index (χ3n) is 3.62. The van der Waals surface area contributed by atoms with E-state index in [0.29, 0.717) is 19.5 Å². The quantitative estimate of drug-likeness (QED) is 0.780. The molecule has 6 heteroatoms. The summed E-state index contributed by atoms with van der Waals surface area (Å²) in [5.41, 5.74) is 1.73. The predicted molar refractivity (Wildman–Crippen MR) is 88.2 cm³/mol. The number of amides is 1. The smallest absolute Gasteiger partial charge is 0.328 e. The lowest BCUT2D eigenvalue weighted by molar-refractivity contribution is -0.120. The van der Waals surface area contributed by atoms with Crippen molar-refractivity contribution in [2.45, 2.75) is 13.0 Å². The number of fused-ring (bicyclic) bond motifs is 1. The Bertz CT molecular complexity index is 846. The van der Waals surface area contributed by atoms with E-state index in [1.165, 1.54) is 0 Å². The fourth-order valence-electron chi connectivity index (χ4n) is 2.52. The lowest BCUT2D eigenvalue weighted by Crippen LogP contribution is -2.31. The molecule has 0 spiro atoms. The molecule has 2 aromatic heterocycles. The third-order valence-corrected chi connectivity index (χ3v) is 4.50. The van der Waals surface area contributed by atoms with Crippen LogP contribution < -0.4 is 11.0 Å². The van der Waals surface area contributed by atoms with E-state index in [1.807, 2.05) is 41.8 Å². The number of nitrogens with zero attached hydrogens (tertiary/aromatic N) is 2. The molecule has 0 aliphatic rings. The fraction of sp³-hybridized carbons (Fsp3) is 0.250. The number of hydrogen-bond donors (Lipinski definition) is 1. The summed E-state index contributed by atoms with van der Waals surface area (Å²) in [5, 5.41) is 4.83. The van der Waals surface area contributed by atoms with Gasteiger partial charge in [0, 0.05) is 25.0 Å². The molecule has 0 aliphatic carbocycles. The summed E-state index contributed by atoms with van der Waals surface area (Å²) >= 11 is 1.57. The summed E-state index contributed by atoms with van der Waals surface area (Å²) < 4.78 is 3.32. The number of benzene rings is 1. The van der Waals surface area contributed by atoms with E-state index in [1.54, 1.807) is 27.5 Å². The molecule has 1 amide bonds. The van der Waals surface area contributed by atoms with E-state index >= 15 is 0 Å². The van der Waals surface area contributed by atoms with Gasteiger partial charge in [-0.05, 0) is 23.6 Å². The summed E-state index contributed by atoms with van der Waals surface area (Å²) in [7, 11) is 1.76. The van der Waals surface area contributed by atoms with Crippen LogP contribution in [-0.4, -0.2) is 21.6 Å². The predicted octanol–water partition coefficient (Wildman–Crippen LogP) is 1.76. The van der Waals surface area contributed by atoms with Gasteiger partial charge in [-0.2, -0.15) is 0 Å². The van der Waals surface area contributed by atoms with Crippen molar-refractivity contribution in [3.05, 3.63) is 57.1 Å². The highest BCUT2D eigenvalue weighted by Crippen LogP contribution is 2.11. The number of thiophene rings is 1. The van der Waals surface area contributed by atoms with Crippen LogP contribution in [-0.2, 0) is 24.8 Å². The van der Waals surface area contributed by atoms with Crippen LogP contribution in [0.1, 0.15) is 4.88 Å². The Morgan fingerprint density at radius 1 is 1.18 bits per heavy atom. The molecular weight excluding hydrogens is 298 g/mol. The number of imidazole rings is 1. The second-order valence-electron chi connectivity index (χ2n) is 5.09. The summed E-state index contributed by atoms with van der Waals surface area (Å²) in [6.07, 6.45) is 0.391. The number of hydrogen-bond acceptors (Lipinski definition) is 3. The second-order valence-corrected chi connectivity index (χ2v) is 6.12. The summed E-state index contributed by atoms with van der Waals surface area (Å²) in [4.78, 5) is 25.1. The van der Waals surface area contributed by atoms with Crippen LogP contribution in [0.25, 0.3) is 11.0 Å². The first-order valence-corrected chi connectivity index (χ1v) is 7.98. The number of nitrogens with one attached hydrogen (secondary N) is 1. The number of carbonyl (C=O) groups excluding carboxylic acids is 1. The maximum absolute atomic E-state index is 12.2. The van der Waals surface area contributed by atoms with Crippen LogP contribution in [0.2, 0.25) is 0 Å². The van der Waals surface area contributed by atoms with Crippen LogP contribution in [0, 0.1) is 0 Å². The van der Waals surface area contributed by atoms with Crippen LogP contribution >= 0.6 is 11.3 Å². The molecule has 1 aromatic carbocycles. The van der Waals surface area contributed by atoms with Crippen LogP contribution in [0.15, 0.2) is 46.6 Å². The lowest BCUT2D eigenvalue weighted by atomic mass is 10.3. The number of carbonyl (C=O) groups is 1. The van der Waals surface area contributed by atoms with Gasteiger partial charge in [0.05, 0.1) is 17.5 Å². The molecule has 0 bridgehead atoms. The van der Waals surface area contributed by atoms with Crippen LogP contribution in [0.5, 0.6) is 0 Å². The maximum atomic E-state index is 12.2. The zero-order valence-corrected chi connectivity index (χ0v) is 13.1. The number of aryl methyl sites for hydroxylation is 1. The van der Waals surface area contributed by atoms with Crippen molar-refractivity contribution in [1.29, 1.82) is 0 Å². The van der Waals surface area contributed by atoms with Crippen molar-refractivity contribution in [1.82, 2.24) is 14.5 Å². The second kappa shape index (κ2) is 6.19. The molecule has 0 saturated heterocycles. The minimum Gasteiger partial charge on any atom is -0.354 e. The van der Waals surface area contributed by atoms with Crippen LogP contribution in [0.4, 0.5) is 0 Å². The van der Waals surface area contributed by atoms with E-state index in [2.05, 4.69) is 5.32 Å². The number of para-hydroxylation sites is 2. The Hall–Kier alpha value is -2.34. The van der Waals surface area contributed by atoms with Crippen molar-refractivity contribution in [2.24, 2.45) is 7.05 Å². The first-order valence-electron chi connectivity index (χ1n) is 7.10. The Morgan fingerprint density at radius 3 is 2.68 bits per heavy atom. The molecule has 114 valence electrons. The first kappa shape index (κ1) is 14.6. The zero-order chi connectivity index (χ0) is 15.5. The molecule has 0 unspecified atom stereocenters. The number of aromatic nitrogens is 2. The Morgan fingerprint density at radius 2 is 1.95 bits per heavy atom. The molecule has 0 atom stereocenters. The highest BCUT2D eigenvalue weighted by Gasteiger charge is 2.10.